The maximum atomic E-state index is 8.86. The van der Waals surface area contributed by atoms with Crippen LogP contribution in [0.15, 0.2) is 0 Å². The predicted molar refractivity (Wildman–Crippen MR) is 95.0 cm³/mol. The molecule has 0 heterocycles. The summed E-state index contributed by atoms with van der Waals surface area (Å²) in [5.74, 6) is 0. The van der Waals surface area contributed by atoms with Gasteiger partial charge in [-0.3, -0.25) is 0 Å². The number of hydrogen-bond donors (Lipinski definition) is 6. The minimum absolute atomic E-state index is 1.14. The Morgan fingerprint density at radius 2 is 1.00 bits per heavy atom. The van der Waals surface area contributed by atoms with E-state index in [0.29, 0.717) is 0 Å². The molecular weight excluding hydrogens is 443 g/mol. The van der Waals surface area contributed by atoms with Gasteiger partial charge in [-0.2, -0.15) is 0 Å². The van der Waals surface area contributed by atoms with Crippen molar-refractivity contribution in [2.45, 2.75) is 49.9 Å². The molecule has 3 N–H and O–H groups in total. The summed E-state index contributed by atoms with van der Waals surface area (Å²) in [6.45, 7) is 2.27. The molecule has 0 aliphatic carbocycles. The topological polar surface area (TPSA) is 112 Å². The van der Waals surface area contributed by atoms with Gasteiger partial charge in [-0.25, -0.2) is 14.4 Å². The molecule has 0 amide bonds. The van der Waals surface area contributed by atoms with Gasteiger partial charge in [-0.1, -0.05) is 37.9 Å². The molecule has 0 spiro atoms. The molecular formula is C11H23O6S3Sn. The summed E-state index contributed by atoms with van der Waals surface area (Å²) in [6.07, 6.45) is 8.71. The summed E-state index contributed by atoms with van der Waals surface area (Å²) >= 11 is 10.4. The normalized spacial score (nSPS) is 7.86. The van der Waals surface area contributed by atoms with Crippen molar-refractivity contribution < 1.29 is 29.7 Å². The maximum Gasteiger partial charge on any atom is 0.361 e. The molecule has 125 valence electrons. The molecule has 0 aromatic rings. The molecule has 0 rings (SSSR count). The van der Waals surface area contributed by atoms with Gasteiger partial charge in [0.25, 0.3) is 0 Å². The van der Waals surface area contributed by atoms with Crippen molar-refractivity contribution in [1.82, 2.24) is 0 Å². The van der Waals surface area contributed by atoms with E-state index in [4.69, 9.17) is 29.7 Å². The molecule has 10 heteroatoms. The number of rotatable bonds is 6. The zero-order valence-corrected chi connectivity index (χ0v) is 17.4. The fraction of sp³-hybridized carbons (Fsp3) is 0.727. The van der Waals surface area contributed by atoms with Crippen LogP contribution in [0.4, 0.5) is 14.4 Å². The molecule has 21 heavy (non-hydrogen) atoms. The predicted octanol–water partition coefficient (Wildman–Crippen LogP) is 4.72. The van der Waals surface area contributed by atoms with Crippen molar-refractivity contribution in [3.63, 3.8) is 0 Å². The van der Waals surface area contributed by atoms with Gasteiger partial charge in [0.05, 0.1) is 0 Å². The Kier molecular flexibility index (Phi) is 39.6. The molecule has 0 aromatic heterocycles. The van der Waals surface area contributed by atoms with E-state index < -0.39 is 15.9 Å². The van der Waals surface area contributed by atoms with Crippen LogP contribution in [-0.4, -0.2) is 53.7 Å². The number of hydrogen-bond acceptors (Lipinski definition) is 3. The quantitative estimate of drug-likeness (QED) is 0.192. The first-order chi connectivity index (χ1) is 9.61. The van der Waals surface area contributed by atoms with E-state index in [9.17, 15) is 0 Å². The Morgan fingerprint density at radius 3 is 1.24 bits per heavy atom. The van der Waals surface area contributed by atoms with E-state index in [-0.39, 0.29) is 0 Å². The largest absolute Gasteiger partial charge is 0.473 e. The molecule has 3 radical (unpaired) electrons. The van der Waals surface area contributed by atoms with Crippen LogP contribution in [0.2, 0.25) is 4.44 Å². The van der Waals surface area contributed by atoms with Gasteiger partial charge in [0.15, 0.2) is 0 Å². The minimum Gasteiger partial charge on any atom is -0.473 e. The summed E-state index contributed by atoms with van der Waals surface area (Å²) in [6, 6.07) is 0. The third-order valence-electron chi connectivity index (χ3n) is 1.53. The van der Waals surface area contributed by atoms with Gasteiger partial charge in [-0.05, 0) is 0 Å². The van der Waals surface area contributed by atoms with Crippen molar-refractivity contribution in [2.75, 3.05) is 0 Å². The molecule has 0 aromatic carbocycles. The SMILES string of the molecule is CCCCCCC[CH2][Sn].O=C(O)S.O=C(O)S.O=C(O)S. The molecule has 0 unspecified atom stereocenters. The number of thiol groups is 3. The van der Waals surface area contributed by atoms with Gasteiger partial charge >= 0.3 is 88.3 Å². The summed E-state index contributed by atoms with van der Waals surface area (Å²) in [7, 11) is 0. The molecule has 0 saturated carbocycles. The van der Waals surface area contributed by atoms with Crippen LogP contribution < -0.4 is 0 Å². The number of carbonyl (C=O) groups is 3. The van der Waals surface area contributed by atoms with E-state index in [2.05, 4.69) is 44.8 Å². The molecule has 0 aliphatic heterocycles. The Hall–Kier alpha value is 0.259. The minimum atomic E-state index is -1.14. The van der Waals surface area contributed by atoms with E-state index in [1.807, 2.05) is 0 Å². The molecule has 6 nitrogen and oxygen atoms in total. The van der Waals surface area contributed by atoms with Gasteiger partial charge in [0, 0.05) is 0 Å². The zero-order chi connectivity index (χ0) is 17.7. The molecule has 0 aliphatic rings. The van der Waals surface area contributed by atoms with Crippen LogP contribution in [0.25, 0.3) is 0 Å². The van der Waals surface area contributed by atoms with Crippen LogP contribution in [0, 0.1) is 0 Å². The first-order valence-corrected chi connectivity index (χ1v) is 9.37. The maximum absolute atomic E-state index is 8.86. The molecule has 0 bridgehead atoms. The van der Waals surface area contributed by atoms with Crippen molar-refractivity contribution in [2.24, 2.45) is 0 Å². The van der Waals surface area contributed by atoms with Crippen LogP contribution in [0.5, 0.6) is 0 Å². The molecule has 0 saturated heterocycles. The van der Waals surface area contributed by atoms with Crippen LogP contribution >= 0.6 is 37.9 Å². The summed E-state index contributed by atoms with van der Waals surface area (Å²) in [5.41, 5.74) is 0. The van der Waals surface area contributed by atoms with E-state index >= 15 is 0 Å². The van der Waals surface area contributed by atoms with Gasteiger partial charge in [0.1, 0.15) is 0 Å². The Labute approximate surface area is 155 Å². The fourth-order valence-electron chi connectivity index (χ4n) is 0.905. The Balaban J connectivity index is -0.000000102. The molecule has 0 atom stereocenters. The van der Waals surface area contributed by atoms with Gasteiger partial charge in [0.2, 0.25) is 0 Å². The van der Waals surface area contributed by atoms with Gasteiger partial charge in [-0.15, -0.1) is 0 Å². The second kappa shape index (κ2) is 28.4. The first-order valence-electron chi connectivity index (χ1n) is 6.01. The fourth-order valence-corrected chi connectivity index (χ4v) is 1.62. The summed E-state index contributed by atoms with van der Waals surface area (Å²) < 4.78 is 1.46. The monoisotopic (exact) mass is 467 g/mol. The molecule has 0 fully saturated rings. The number of carboxylic acid groups (broad SMARTS) is 3. The second-order valence-corrected chi connectivity index (χ2v) is 5.94. The van der Waals surface area contributed by atoms with Crippen LogP contribution in [0.1, 0.15) is 45.4 Å². The average Bonchev–Trinajstić information content (AvgIpc) is 2.26. The summed E-state index contributed by atoms with van der Waals surface area (Å²) in [4.78, 5) is 26.6. The third-order valence-corrected chi connectivity index (χ3v) is 2.54. The Bertz CT molecular complexity index is 208. The van der Waals surface area contributed by atoms with Crippen molar-refractivity contribution in [3.8, 4) is 0 Å². The van der Waals surface area contributed by atoms with E-state index in [1.165, 1.54) is 43.0 Å². The van der Waals surface area contributed by atoms with Crippen molar-refractivity contribution >= 4 is 76.3 Å². The van der Waals surface area contributed by atoms with E-state index in [1.54, 1.807) is 22.5 Å². The Morgan fingerprint density at radius 1 is 0.762 bits per heavy atom. The summed E-state index contributed by atoms with van der Waals surface area (Å²) in [5, 5.41) is 18.4. The van der Waals surface area contributed by atoms with Crippen molar-refractivity contribution in [1.29, 1.82) is 0 Å². The standard InChI is InChI=1S/C8H17.3CH2O2S.Sn/c1-3-5-7-8-6-4-2;3*2-1(3)4;/h1,3-8H2,2H3;3*4H,(H,2,3);. The third kappa shape index (κ3) is 172. The van der Waals surface area contributed by atoms with Crippen LogP contribution in [0.3, 0.4) is 0 Å². The van der Waals surface area contributed by atoms with Gasteiger partial charge < -0.3 is 15.3 Å². The smallest absolute Gasteiger partial charge is 0.361 e. The number of unbranched alkanes of at least 4 members (excludes halogenated alkanes) is 5. The first kappa shape index (κ1) is 29.3. The van der Waals surface area contributed by atoms with Crippen LogP contribution in [-0.2, 0) is 0 Å². The average molecular weight is 466 g/mol. The zero-order valence-electron chi connectivity index (χ0n) is 11.9. The van der Waals surface area contributed by atoms with E-state index in [0.717, 1.165) is 0 Å². The van der Waals surface area contributed by atoms with Crippen molar-refractivity contribution in [3.05, 3.63) is 0 Å². The second-order valence-electron chi connectivity index (χ2n) is 3.37.